The van der Waals surface area contributed by atoms with E-state index in [1.165, 1.54) is 13.8 Å². The van der Waals surface area contributed by atoms with Gasteiger partial charge in [0, 0.05) is 36.5 Å². The minimum Gasteiger partial charge on any atom is -0.462 e. The molecule has 1 heterocycles. The lowest BCUT2D eigenvalue weighted by Crippen LogP contribution is -2.75. The molecule has 0 radical (unpaired) electrons. The Hall–Kier alpha value is -1.43. The molecule has 2 bridgehead atoms. The van der Waals surface area contributed by atoms with Crippen molar-refractivity contribution >= 4 is 17.7 Å². The molecule has 25 heavy (non-hydrogen) atoms. The molecule has 1 saturated heterocycles. The Morgan fingerprint density at radius 3 is 2.36 bits per heavy atom. The average Bonchev–Trinajstić information content (AvgIpc) is 2.89. The van der Waals surface area contributed by atoms with Crippen LogP contribution in [-0.2, 0) is 28.6 Å². The van der Waals surface area contributed by atoms with Crippen LogP contribution in [0.2, 0.25) is 0 Å². The van der Waals surface area contributed by atoms with Gasteiger partial charge in [0.1, 0.15) is 23.6 Å². The van der Waals surface area contributed by atoms with E-state index in [4.69, 9.17) is 14.2 Å². The number of carbonyl (C=O) groups excluding carboxylic acids is 3. The van der Waals surface area contributed by atoms with Gasteiger partial charge in [-0.25, -0.2) is 0 Å². The summed E-state index contributed by atoms with van der Waals surface area (Å²) in [6.07, 6.45) is 0.629. The Bertz CT molecular complexity index is 673. The highest BCUT2D eigenvalue weighted by Gasteiger charge is 2.83. The Morgan fingerprint density at radius 1 is 1.12 bits per heavy atom. The second-order valence-electron chi connectivity index (χ2n) is 8.97. The monoisotopic (exact) mass is 350 g/mol. The number of rotatable bonds is 2. The van der Waals surface area contributed by atoms with Crippen LogP contribution in [0, 0.1) is 28.6 Å². The summed E-state index contributed by atoms with van der Waals surface area (Å²) in [6, 6.07) is 0. The molecule has 0 aromatic carbocycles. The van der Waals surface area contributed by atoms with Crippen molar-refractivity contribution in [3.63, 3.8) is 0 Å². The van der Waals surface area contributed by atoms with Crippen molar-refractivity contribution in [1.29, 1.82) is 0 Å². The molecular formula is C19H26O6. The van der Waals surface area contributed by atoms with E-state index < -0.39 is 11.7 Å². The van der Waals surface area contributed by atoms with Crippen molar-refractivity contribution in [2.45, 2.75) is 65.3 Å². The van der Waals surface area contributed by atoms with Gasteiger partial charge in [-0.2, -0.15) is 0 Å². The van der Waals surface area contributed by atoms with E-state index >= 15 is 0 Å². The number of carbonyl (C=O) groups is 3. The van der Waals surface area contributed by atoms with Crippen LogP contribution in [-0.4, -0.2) is 42.1 Å². The van der Waals surface area contributed by atoms with Crippen LogP contribution < -0.4 is 0 Å². The molecule has 6 nitrogen and oxygen atoms in total. The summed E-state index contributed by atoms with van der Waals surface area (Å²) in [6.45, 7) is 9.38. The molecule has 6 heteroatoms. The van der Waals surface area contributed by atoms with Gasteiger partial charge >= 0.3 is 11.9 Å². The van der Waals surface area contributed by atoms with Gasteiger partial charge in [-0.05, 0) is 12.8 Å². The van der Waals surface area contributed by atoms with E-state index in [0.717, 1.165) is 0 Å². The molecule has 4 fully saturated rings. The van der Waals surface area contributed by atoms with E-state index in [1.54, 1.807) is 0 Å². The Morgan fingerprint density at radius 2 is 1.76 bits per heavy atom. The Balaban J connectivity index is 1.79. The number of Topliss-reactive ketones (excluding diaryl/α,β-unsaturated/α-hetero) is 1. The largest absolute Gasteiger partial charge is 0.462 e. The highest BCUT2D eigenvalue weighted by molar-refractivity contribution is 5.88. The van der Waals surface area contributed by atoms with Crippen LogP contribution in [0.4, 0.5) is 0 Å². The van der Waals surface area contributed by atoms with Gasteiger partial charge in [-0.15, -0.1) is 0 Å². The van der Waals surface area contributed by atoms with E-state index in [2.05, 4.69) is 6.92 Å². The van der Waals surface area contributed by atoms with Crippen molar-refractivity contribution in [3.8, 4) is 0 Å². The SMILES string of the molecule is CC(=O)OC1CC2(C)C1C(C)C(=O)C1CC3(C)COC12C3OC(C)=O. The van der Waals surface area contributed by atoms with Gasteiger partial charge in [0.25, 0.3) is 0 Å². The summed E-state index contributed by atoms with van der Waals surface area (Å²) in [7, 11) is 0. The quantitative estimate of drug-likeness (QED) is 0.708. The predicted molar refractivity (Wildman–Crippen MR) is 86.4 cm³/mol. The van der Waals surface area contributed by atoms with Crippen LogP contribution in [0.15, 0.2) is 0 Å². The van der Waals surface area contributed by atoms with E-state index in [9.17, 15) is 14.4 Å². The lowest BCUT2D eigenvalue weighted by Gasteiger charge is -2.66. The molecule has 3 saturated carbocycles. The molecule has 0 amide bonds. The highest BCUT2D eigenvalue weighted by Crippen LogP contribution is 2.74. The number of fused-ring (bicyclic) bond motifs is 2. The Kier molecular flexibility index (Phi) is 3.29. The smallest absolute Gasteiger partial charge is 0.303 e. The van der Waals surface area contributed by atoms with Gasteiger partial charge in [0.15, 0.2) is 0 Å². The van der Waals surface area contributed by atoms with Gasteiger partial charge in [-0.1, -0.05) is 20.8 Å². The molecule has 1 spiro atoms. The first-order valence-corrected chi connectivity index (χ1v) is 9.09. The van der Waals surface area contributed by atoms with Crippen molar-refractivity contribution in [2.75, 3.05) is 6.61 Å². The minimum atomic E-state index is -0.793. The average molecular weight is 350 g/mol. The van der Waals surface area contributed by atoms with Gasteiger partial charge in [-0.3, -0.25) is 14.4 Å². The third kappa shape index (κ3) is 1.81. The zero-order valence-corrected chi connectivity index (χ0v) is 15.5. The molecule has 8 unspecified atom stereocenters. The van der Waals surface area contributed by atoms with E-state index in [-0.39, 0.29) is 52.4 Å². The third-order valence-electron chi connectivity index (χ3n) is 7.44. The molecule has 4 aliphatic rings. The molecule has 0 aromatic heterocycles. The first-order valence-electron chi connectivity index (χ1n) is 9.09. The fourth-order valence-corrected chi connectivity index (χ4v) is 6.64. The molecule has 0 aromatic rings. The standard InChI is InChI=1S/C19H26O6/c1-9-14-13(24-10(2)20)7-18(14,5)19-12(15(9)22)6-17(4,8-23-19)16(19)25-11(3)21/h9,12-14,16H,6-8H2,1-5H3. The van der Waals surface area contributed by atoms with E-state index in [1.807, 2.05) is 13.8 Å². The van der Waals surface area contributed by atoms with Crippen LogP contribution in [0.1, 0.15) is 47.5 Å². The summed E-state index contributed by atoms with van der Waals surface area (Å²) in [4.78, 5) is 36.4. The van der Waals surface area contributed by atoms with Crippen LogP contribution in [0.5, 0.6) is 0 Å². The third-order valence-corrected chi connectivity index (χ3v) is 7.44. The van der Waals surface area contributed by atoms with E-state index in [0.29, 0.717) is 19.4 Å². The molecule has 138 valence electrons. The second-order valence-corrected chi connectivity index (χ2v) is 8.97. The van der Waals surface area contributed by atoms with Gasteiger partial charge in [0.2, 0.25) is 0 Å². The predicted octanol–water partition coefficient (Wildman–Crippen LogP) is 1.89. The lowest BCUT2D eigenvalue weighted by atomic mass is 9.41. The molecule has 3 aliphatic carbocycles. The summed E-state index contributed by atoms with van der Waals surface area (Å²) in [5, 5.41) is 0. The zero-order valence-electron chi connectivity index (χ0n) is 15.5. The van der Waals surface area contributed by atoms with Crippen LogP contribution in [0.3, 0.4) is 0 Å². The van der Waals surface area contributed by atoms with Gasteiger partial charge in [0.05, 0.1) is 12.5 Å². The maximum absolute atomic E-state index is 13.2. The number of hydrogen-bond donors (Lipinski definition) is 0. The number of ether oxygens (including phenoxy) is 3. The first-order chi connectivity index (χ1) is 11.6. The molecule has 8 atom stereocenters. The zero-order chi connectivity index (χ0) is 18.4. The minimum absolute atomic E-state index is 0.0985. The first kappa shape index (κ1) is 17.0. The van der Waals surface area contributed by atoms with Crippen molar-refractivity contribution in [3.05, 3.63) is 0 Å². The Labute approximate surface area is 147 Å². The lowest BCUT2D eigenvalue weighted by molar-refractivity contribution is -0.282. The number of hydrogen-bond acceptors (Lipinski definition) is 6. The summed E-state index contributed by atoms with van der Waals surface area (Å²) in [5.74, 6) is -1.07. The van der Waals surface area contributed by atoms with Crippen molar-refractivity contribution in [2.24, 2.45) is 28.6 Å². The summed E-state index contributed by atoms with van der Waals surface area (Å²) >= 11 is 0. The van der Waals surface area contributed by atoms with Crippen molar-refractivity contribution < 1.29 is 28.6 Å². The summed E-state index contributed by atoms with van der Waals surface area (Å²) in [5.41, 5.74) is -1.48. The van der Waals surface area contributed by atoms with Crippen LogP contribution >= 0.6 is 0 Å². The molecular weight excluding hydrogens is 324 g/mol. The highest BCUT2D eigenvalue weighted by atomic mass is 16.6. The number of ketones is 1. The fourth-order valence-electron chi connectivity index (χ4n) is 6.64. The normalized spacial score (nSPS) is 52.8. The topological polar surface area (TPSA) is 78.9 Å². The number of esters is 2. The van der Waals surface area contributed by atoms with Crippen molar-refractivity contribution in [1.82, 2.24) is 0 Å². The van der Waals surface area contributed by atoms with Crippen LogP contribution in [0.25, 0.3) is 0 Å². The fraction of sp³-hybridized carbons (Fsp3) is 0.842. The summed E-state index contributed by atoms with van der Waals surface area (Å²) < 4.78 is 17.6. The molecule has 1 aliphatic heterocycles. The maximum Gasteiger partial charge on any atom is 0.303 e. The maximum atomic E-state index is 13.2. The molecule has 0 N–H and O–H groups in total. The molecule has 4 rings (SSSR count). The van der Waals surface area contributed by atoms with Gasteiger partial charge < -0.3 is 14.2 Å². The second kappa shape index (κ2) is 4.84.